The third-order valence-corrected chi connectivity index (χ3v) is 4.37. The highest BCUT2D eigenvalue weighted by atomic mass is 19.4. The highest BCUT2D eigenvalue weighted by molar-refractivity contribution is 5.92. The lowest BCUT2D eigenvalue weighted by Crippen LogP contribution is -2.09. The first-order valence-corrected chi connectivity index (χ1v) is 9.31. The largest absolute Gasteiger partial charge is 0.493 e. The van der Waals surface area contributed by atoms with E-state index < -0.39 is 17.6 Å². The molecule has 0 bridgehead atoms. The summed E-state index contributed by atoms with van der Waals surface area (Å²) in [5, 5.41) is 14.7. The Morgan fingerprint density at radius 3 is 2.53 bits per heavy atom. The topological polar surface area (TPSA) is 69.2 Å². The fraction of sp³-hybridized carbons (Fsp3) is 0.350. The molecule has 0 aliphatic rings. The van der Waals surface area contributed by atoms with Crippen LogP contribution >= 0.6 is 0 Å². The van der Waals surface area contributed by atoms with E-state index in [9.17, 15) is 17.6 Å². The van der Waals surface area contributed by atoms with Crippen LogP contribution in [-0.2, 0) is 6.18 Å². The number of anilines is 2. The van der Waals surface area contributed by atoms with Gasteiger partial charge in [0, 0.05) is 11.8 Å². The first-order chi connectivity index (χ1) is 14.3. The second-order valence-corrected chi connectivity index (χ2v) is 6.53. The van der Waals surface area contributed by atoms with E-state index in [1.54, 1.807) is 12.1 Å². The highest BCUT2D eigenvalue weighted by Gasteiger charge is 2.34. The number of hydrogen-bond acceptors (Lipinski definition) is 6. The molecular weight excluding hydrogens is 404 g/mol. The van der Waals surface area contributed by atoms with Gasteiger partial charge in [-0.05, 0) is 35.9 Å². The number of methoxy groups -OCH3 is 1. The third-order valence-electron chi connectivity index (χ3n) is 4.37. The van der Waals surface area contributed by atoms with Gasteiger partial charge >= 0.3 is 6.18 Å². The molecule has 3 aromatic rings. The maximum atomic E-state index is 13.5. The van der Waals surface area contributed by atoms with Crippen molar-refractivity contribution in [3.63, 3.8) is 0 Å². The number of unbranched alkanes of at least 4 members (excludes halogenated alkanes) is 2. The van der Waals surface area contributed by atoms with Crippen molar-refractivity contribution in [1.82, 2.24) is 15.4 Å². The van der Waals surface area contributed by atoms with Crippen LogP contribution in [-0.4, -0.2) is 29.1 Å². The van der Waals surface area contributed by atoms with Crippen LogP contribution in [0.2, 0.25) is 0 Å². The molecule has 0 amide bonds. The molecule has 6 nitrogen and oxygen atoms in total. The lowest BCUT2D eigenvalue weighted by molar-refractivity contribution is -0.139. The number of aromatic nitrogens is 3. The number of ether oxygens (including phenoxy) is 2. The Morgan fingerprint density at radius 1 is 1.03 bits per heavy atom. The number of benzene rings is 2. The Hall–Kier alpha value is -3.17. The summed E-state index contributed by atoms with van der Waals surface area (Å²) in [4.78, 5) is 0. The molecule has 0 saturated heterocycles. The zero-order valence-electron chi connectivity index (χ0n) is 16.4. The summed E-state index contributed by atoms with van der Waals surface area (Å²) >= 11 is 0. The summed E-state index contributed by atoms with van der Waals surface area (Å²) < 4.78 is 63.6. The van der Waals surface area contributed by atoms with Crippen LogP contribution in [0.5, 0.6) is 11.5 Å². The van der Waals surface area contributed by atoms with Crippen molar-refractivity contribution in [2.24, 2.45) is 0 Å². The number of alkyl halides is 3. The van der Waals surface area contributed by atoms with Crippen molar-refractivity contribution in [2.45, 2.75) is 32.4 Å². The average Bonchev–Trinajstić information content (AvgIpc) is 2.71. The normalized spacial score (nSPS) is 11.5. The molecular formula is C20H20F4N4O2. The van der Waals surface area contributed by atoms with Gasteiger partial charge < -0.3 is 14.8 Å². The zero-order chi connectivity index (χ0) is 21.7. The molecule has 0 aliphatic heterocycles. The minimum absolute atomic E-state index is 0.00406. The van der Waals surface area contributed by atoms with Crippen LogP contribution in [0.4, 0.5) is 29.1 Å². The monoisotopic (exact) mass is 424 g/mol. The van der Waals surface area contributed by atoms with Crippen molar-refractivity contribution >= 4 is 22.4 Å². The quantitative estimate of drug-likeness (QED) is 0.380. The lowest BCUT2D eigenvalue weighted by Gasteiger charge is -2.14. The number of fused-ring (bicyclic) bond motifs is 1. The highest BCUT2D eigenvalue weighted by Crippen LogP contribution is 2.36. The maximum absolute atomic E-state index is 13.5. The summed E-state index contributed by atoms with van der Waals surface area (Å²) in [6, 6.07) is 5.84. The van der Waals surface area contributed by atoms with Gasteiger partial charge in [-0.15, -0.1) is 10.2 Å². The summed E-state index contributed by atoms with van der Waals surface area (Å²) in [5.41, 5.74) is -0.958. The van der Waals surface area contributed by atoms with Gasteiger partial charge in [0.2, 0.25) is 0 Å². The third kappa shape index (κ3) is 4.87. The summed E-state index contributed by atoms with van der Waals surface area (Å²) in [6.45, 7) is 2.60. The van der Waals surface area contributed by atoms with Gasteiger partial charge in [0.1, 0.15) is 11.3 Å². The molecule has 160 valence electrons. The van der Waals surface area contributed by atoms with Crippen molar-refractivity contribution in [3.8, 4) is 11.5 Å². The van der Waals surface area contributed by atoms with Gasteiger partial charge in [-0.25, -0.2) is 4.39 Å². The molecule has 1 heterocycles. The first-order valence-electron chi connectivity index (χ1n) is 9.31. The van der Waals surface area contributed by atoms with E-state index in [1.165, 1.54) is 13.2 Å². The van der Waals surface area contributed by atoms with Gasteiger partial charge in [-0.2, -0.15) is 13.2 Å². The van der Waals surface area contributed by atoms with Crippen LogP contribution in [0.25, 0.3) is 10.9 Å². The van der Waals surface area contributed by atoms with Gasteiger partial charge in [0.05, 0.1) is 24.7 Å². The van der Waals surface area contributed by atoms with Crippen LogP contribution < -0.4 is 14.8 Å². The molecule has 0 unspecified atom stereocenters. The van der Waals surface area contributed by atoms with E-state index in [2.05, 4.69) is 27.7 Å². The van der Waals surface area contributed by atoms with E-state index in [4.69, 9.17) is 9.47 Å². The van der Waals surface area contributed by atoms with E-state index in [1.807, 2.05) is 0 Å². The molecule has 0 saturated carbocycles. The van der Waals surface area contributed by atoms with Crippen LogP contribution in [0.1, 0.15) is 31.7 Å². The fourth-order valence-corrected chi connectivity index (χ4v) is 2.85. The second-order valence-electron chi connectivity index (χ2n) is 6.53. The first kappa shape index (κ1) is 21.5. The number of hydrogen-bond donors (Lipinski definition) is 1. The van der Waals surface area contributed by atoms with Crippen LogP contribution in [0.3, 0.4) is 0 Å². The molecule has 0 atom stereocenters. The number of rotatable bonds is 8. The molecule has 3 rings (SSSR count). The molecule has 10 heteroatoms. The van der Waals surface area contributed by atoms with E-state index >= 15 is 0 Å². The predicted molar refractivity (Wildman–Crippen MR) is 104 cm³/mol. The lowest BCUT2D eigenvalue weighted by atomic mass is 10.1. The van der Waals surface area contributed by atoms with Crippen LogP contribution in [0, 0.1) is 5.82 Å². The molecule has 0 aliphatic carbocycles. The predicted octanol–water partition coefficient (Wildman–Crippen LogP) is 5.50. The molecule has 2 aromatic carbocycles. The van der Waals surface area contributed by atoms with E-state index in [0.29, 0.717) is 35.1 Å². The molecule has 1 N–H and O–H groups in total. The molecule has 1 aromatic heterocycles. The van der Waals surface area contributed by atoms with Crippen molar-refractivity contribution in [3.05, 3.63) is 41.7 Å². The van der Waals surface area contributed by atoms with E-state index in [0.717, 1.165) is 25.3 Å². The minimum atomic E-state index is -4.82. The van der Waals surface area contributed by atoms with Gasteiger partial charge in [0.25, 0.3) is 0 Å². The SMILES string of the molecule is CCCCCOc1cc2nnnc(Nc3ccc(F)c(C(F)(F)F)c3)c2cc1OC. The number of nitrogens with zero attached hydrogens (tertiary/aromatic N) is 3. The fourth-order valence-electron chi connectivity index (χ4n) is 2.85. The van der Waals surface area contributed by atoms with Gasteiger partial charge in [-0.1, -0.05) is 19.8 Å². The Bertz CT molecular complexity index is 1030. The molecule has 0 fully saturated rings. The smallest absolute Gasteiger partial charge is 0.419 e. The van der Waals surface area contributed by atoms with Crippen molar-refractivity contribution in [1.29, 1.82) is 0 Å². The Labute approximate surface area is 170 Å². The Morgan fingerprint density at radius 2 is 1.83 bits per heavy atom. The molecule has 0 radical (unpaired) electrons. The second kappa shape index (κ2) is 9.10. The number of halogens is 4. The maximum Gasteiger partial charge on any atom is 0.419 e. The Kier molecular flexibility index (Phi) is 6.53. The van der Waals surface area contributed by atoms with E-state index in [-0.39, 0.29) is 11.5 Å². The molecule has 30 heavy (non-hydrogen) atoms. The van der Waals surface area contributed by atoms with Gasteiger partial charge in [0.15, 0.2) is 17.3 Å². The summed E-state index contributed by atoms with van der Waals surface area (Å²) in [5.74, 6) is -0.304. The summed E-state index contributed by atoms with van der Waals surface area (Å²) in [7, 11) is 1.48. The Balaban J connectivity index is 1.94. The zero-order valence-corrected chi connectivity index (χ0v) is 16.4. The van der Waals surface area contributed by atoms with Crippen LogP contribution in [0.15, 0.2) is 30.3 Å². The molecule has 0 spiro atoms. The average molecular weight is 424 g/mol. The minimum Gasteiger partial charge on any atom is -0.493 e. The summed E-state index contributed by atoms with van der Waals surface area (Å²) in [6.07, 6.45) is -1.84. The number of nitrogens with one attached hydrogen (secondary N) is 1. The van der Waals surface area contributed by atoms with Crippen molar-refractivity contribution in [2.75, 3.05) is 19.0 Å². The van der Waals surface area contributed by atoms with Gasteiger partial charge in [-0.3, -0.25) is 0 Å². The van der Waals surface area contributed by atoms with Crippen molar-refractivity contribution < 1.29 is 27.0 Å². The standard InChI is InChI=1S/C20H20F4N4O2/c1-3-4-5-8-30-18-11-16-13(10-17(18)29-2)19(27-28-26-16)25-12-6-7-15(21)14(9-12)20(22,23)24/h6-7,9-11H,3-5,8H2,1-2H3,(H,25,26,27).